The minimum Gasteiger partial charge on any atom is -0.496 e. The largest absolute Gasteiger partial charge is 0.496 e. The van der Waals surface area contributed by atoms with E-state index in [9.17, 15) is 9.90 Å². The molecule has 1 aliphatic rings. The summed E-state index contributed by atoms with van der Waals surface area (Å²) in [6.07, 6.45) is 1.43. The predicted octanol–water partition coefficient (Wildman–Crippen LogP) is 1.40. The van der Waals surface area contributed by atoms with Crippen LogP contribution in [0.5, 0.6) is 11.5 Å². The summed E-state index contributed by atoms with van der Waals surface area (Å²) in [5.74, 6) is 0.538. The minimum absolute atomic E-state index is 0.395. The van der Waals surface area contributed by atoms with Crippen LogP contribution in [0.3, 0.4) is 0 Å². The Morgan fingerprint density at radius 2 is 1.89 bits per heavy atom. The van der Waals surface area contributed by atoms with Gasteiger partial charge in [0.05, 0.1) is 21.3 Å². The van der Waals surface area contributed by atoms with Gasteiger partial charge in [0.25, 0.3) is 0 Å². The van der Waals surface area contributed by atoms with Gasteiger partial charge in [-0.1, -0.05) is 0 Å². The Bertz CT molecular complexity index is 495. The molecule has 5 heteroatoms. The van der Waals surface area contributed by atoms with Crippen molar-refractivity contribution in [1.29, 1.82) is 0 Å². The molecule has 0 fully saturated rings. The van der Waals surface area contributed by atoms with Gasteiger partial charge in [0.15, 0.2) is 6.10 Å². The lowest BCUT2D eigenvalue weighted by molar-refractivity contribution is -0.150. The third-order valence-corrected chi connectivity index (χ3v) is 3.48. The van der Waals surface area contributed by atoms with Crippen LogP contribution in [0.4, 0.5) is 0 Å². The van der Waals surface area contributed by atoms with Gasteiger partial charge in [0.1, 0.15) is 11.5 Å². The van der Waals surface area contributed by atoms with Gasteiger partial charge in [0.2, 0.25) is 0 Å². The second-order valence-electron chi connectivity index (χ2n) is 4.44. The van der Waals surface area contributed by atoms with Crippen LogP contribution in [0, 0.1) is 0 Å². The van der Waals surface area contributed by atoms with Gasteiger partial charge >= 0.3 is 5.97 Å². The van der Waals surface area contributed by atoms with E-state index in [0.717, 1.165) is 30.4 Å². The molecular formula is C14H18O5. The van der Waals surface area contributed by atoms with Crippen molar-refractivity contribution in [2.75, 3.05) is 21.3 Å². The molecule has 0 saturated heterocycles. The van der Waals surface area contributed by atoms with E-state index < -0.39 is 12.1 Å². The summed E-state index contributed by atoms with van der Waals surface area (Å²) in [6, 6.07) is 1.66. The number of benzene rings is 1. The fourth-order valence-electron chi connectivity index (χ4n) is 2.60. The number of aliphatic hydroxyl groups is 1. The lowest BCUT2D eigenvalue weighted by atomic mass is 9.99. The molecule has 0 heterocycles. The van der Waals surface area contributed by atoms with Gasteiger partial charge in [-0.3, -0.25) is 0 Å². The molecule has 1 atom stereocenters. The molecule has 1 unspecified atom stereocenters. The molecule has 0 spiro atoms. The number of aliphatic hydroxyl groups excluding tert-OH is 1. The molecule has 0 aliphatic heterocycles. The molecule has 1 aliphatic carbocycles. The smallest absolute Gasteiger partial charge is 0.339 e. The molecule has 2 rings (SSSR count). The summed E-state index contributed by atoms with van der Waals surface area (Å²) in [6.45, 7) is 0. The van der Waals surface area contributed by atoms with Crippen LogP contribution in [0.2, 0.25) is 0 Å². The van der Waals surface area contributed by atoms with Crippen LogP contribution in [0.1, 0.15) is 29.2 Å². The van der Waals surface area contributed by atoms with Crippen LogP contribution >= 0.6 is 0 Å². The lowest BCUT2D eigenvalue weighted by Gasteiger charge is -2.18. The van der Waals surface area contributed by atoms with Crippen LogP contribution in [0.15, 0.2) is 6.07 Å². The summed E-state index contributed by atoms with van der Waals surface area (Å²) in [5, 5.41) is 10.0. The summed E-state index contributed by atoms with van der Waals surface area (Å²) in [7, 11) is 4.35. The highest BCUT2D eigenvalue weighted by Crippen LogP contribution is 2.42. The maximum absolute atomic E-state index is 11.5. The highest BCUT2D eigenvalue weighted by molar-refractivity contribution is 5.78. The third kappa shape index (κ3) is 2.26. The highest BCUT2D eigenvalue weighted by Gasteiger charge is 2.29. The Labute approximate surface area is 112 Å². The van der Waals surface area contributed by atoms with Crippen molar-refractivity contribution < 1.29 is 24.1 Å². The quantitative estimate of drug-likeness (QED) is 0.834. The average molecular weight is 266 g/mol. The van der Waals surface area contributed by atoms with Crippen molar-refractivity contribution in [1.82, 2.24) is 0 Å². The molecule has 104 valence electrons. The zero-order valence-electron chi connectivity index (χ0n) is 11.4. The zero-order chi connectivity index (χ0) is 14.0. The van der Waals surface area contributed by atoms with Gasteiger partial charge in [0, 0.05) is 16.7 Å². The first kappa shape index (κ1) is 13.7. The number of hydrogen-bond acceptors (Lipinski definition) is 5. The van der Waals surface area contributed by atoms with E-state index >= 15 is 0 Å². The maximum atomic E-state index is 11.5. The van der Waals surface area contributed by atoms with E-state index in [-0.39, 0.29) is 0 Å². The molecule has 0 amide bonds. The van der Waals surface area contributed by atoms with Crippen molar-refractivity contribution in [2.24, 2.45) is 0 Å². The Morgan fingerprint density at radius 1 is 1.21 bits per heavy atom. The normalized spacial score (nSPS) is 14.7. The number of carbonyl (C=O) groups excluding carboxylic acids is 1. The molecule has 0 bridgehead atoms. The van der Waals surface area contributed by atoms with E-state index in [1.54, 1.807) is 13.2 Å². The van der Waals surface area contributed by atoms with Crippen LogP contribution < -0.4 is 9.47 Å². The molecule has 1 N–H and O–H groups in total. The van der Waals surface area contributed by atoms with Crippen molar-refractivity contribution in [3.63, 3.8) is 0 Å². The molecule has 19 heavy (non-hydrogen) atoms. The molecule has 0 aromatic heterocycles. The van der Waals surface area contributed by atoms with Crippen LogP contribution in [-0.4, -0.2) is 32.4 Å². The number of fused-ring (bicyclic) bond motifs is 1. The second-order valence-corrected chi connectivity index (χ2v) is 4.44. The standard InChI is InChI=1S/C14H18O5/c1-17-11-7-10(12(15)14(16)19-3)13(18-2)9-6-4-5-8(9)11/h7,12,15H,4-6H2,1-3H3. The Hall–Kier alpha value is -1.75. The van der Waals surface area contributed by atoms with E-state index in [2.05, 4.69) is 4.74 Å². The molecule has 1 aromatic rings. The van der Waals surface area contributed by atoms with Gasteiger partial charge < -0.3 is 19.3 Å². The van der Waals surface area contributed by atoms with Crippen LogP contribution in [-0.2, 0) is 22.4 Å². The summed E-state index contributed by atoms with van der Waals surface area (Å²) >= 11 is 0. The van der Waals surface area contributed by atoms with Gasteiger partial charge in [-0.2, -0.15) is 0 Å². The first-order valence-electron chi connectivity index (χ1n) is 6.16. The molecule has 5 nitrogen and oxygen atoms in total. The lowest BCUT2D eigenvalue weighted by Crippen LogP contribution is -2.15. The second kappa shape index (κ2) is 5.48. The summed E-state index contributed by atoms with van der Waals surface area (Å²) in [5.41, 5.74) is 2.51. The van der Waals surface area contributed by atoms with Gasteiger partial charge in [-0.15, -0.1) is 0 Å². The summed E-state index contributed by atoms with van der Waals surface area (Å²) in [4.78, 5) is 11.5. The van der Waals surface area contributed by atoms with Gasteiger partial charge in [-0.05, 0) is 25.3 Å². The number of rotatable bonds is 4. The first-order valence-corrected chi connectivity index (χ1v) is 6.16. The fraction of sp³-hybridized carbons (Fsp3) is 0.500. The van der Waals surface area contributed by atoms with E-state index in [0.29, 0.717) is 17.1 Å². The summed E-state index contributed by atoms with van der Waals surface area (Å²) < 4.78 is 15.3. The van der Waals surface area contributed by atoms with Crippen molar-refractivity contribution >= 4 is 5.97 Å². The maximum Gasteiger partial charge on any atom is 0.339 e. The number of hydrogen-bond donors (Lipinski definition) is 1. The predicted molar refractivity (Wildman–Crippen MR) is 68.5 cm³/mol. The molecular weight excluding hydrogens is 248 g/mol. The Morgan fingerprint density at radius 3 is 2.47 bits per heavy atom. The van der Waals surface area contributed by atoms with Crippen molar-refractivity contribution in [3.05, 3.63) is 22.8 Å². The Balaban J connectivity index is 2.57. The number of ether oxygens (including phenoxy) is 3. The first-order chi connectivity index (χ1) is 9.13. The minimum atomic E-state index is -1.36. The third-order valence-electron chi connectivity index (χ3n) is 3.48. The van der Waals surface area contributed by atoms with Crippen LogP contribution in [0.25, 0.3) is 0 Å². The monoisotopic (exact) mass is 266 g/mol. The van der Waals surface area contributed by atoms with E-state index in [1.165, 1.54) is 14.2 Å². The number of methoxy groups -OCH3 is 3. The van der Waals surface area contributed by atoms with E-state index in [1.807, 2.05) is 0 Å². The fourth-order valence-corrected chi connectivity index (χ4v) is 2.60. The molecule has 1 aromatic carbocycles. The van der Waals surface area contributed by atoms with E-state index in [4.69, 9.17) is 9.47 Å². The zero-order valence-corrected chi connectivity index (χ0v) is 11.4. The van der Waals surface area contributed by atoms with Gasteiger partial charge in [-0.25, -0.2) is 4.79 Å². The number of carbonyl (C=O) groups is 1. The Kier molecular flexibility index (Phi) is 3.95. The molecule has 0 saturated carbocycles. The van der Waals surface area contributed by atoms with Crippen molar-refractivity contribution in [3.8, 4) is 11.5 Å². The van der Waals surface area contributed by atoms with Crippen molar-refractivity contribution in [2.45, 2.75) is 25.4 Å². The average Bonchev–Trinajstić information content (AvgIpc) is 2.92. The molecule has 0 radical (unpaired) electrons. The SMILES string of the molecule is COC(=O)C(O)c1cc(OC)c2c(c1OC)CCC2. The topological polar surface area (TPSA) is 65.0 Å². The number of esters is 1. The highest BCUT2D eigenvalue weighted by atomic mass is 16.5.